The Balaban J connectivity index is 1.98. The third-order valence-corrected chi connectivity index (χ3v) is 3.53. The van der Waals surface area contributed by atoms with Crippen molar-refractivity contribution in [2.75, 3.05) is 11.9 Å². The van der Waals surface area contributed by atoms with E-state index in [1.54, 1.807) is 18.2 Å². The van der Waals surface area contributed by atoms with Crippen LogP contribution in [0, 0.1) is 31.0 Å². The molecule has 122 valence electrons. The topological polar surface area (TPSA) is 79.2 Å². The molecule has 1 N–H and O–H groups in total. The van der Waals surface area contributed by atoms with Crippen LogP contribution in [0.15, 0.2) is 36.4 Å². The third kappa shape index (κ3) is 3.96. The maximum atomic E-state index is 13.7. The van der Waals surface area contributed by atoms with Crippen molar-refractivity contribution in [2.45, 2.75) is 13.8 Å². The number of ether oxygens (including phenoxy) is 1. The molecule has 0 bridgehead atoms. The molecule has 6 heteroatoms. The fourth-order valence-corrected chi connectivity index (χ4v) is 2.03. The first-order chi connectivity index (χ1) is 11.4. The van der Waals surface area contributed by atoms with Gasteiger partial charge in [0.1, 0.15) is 5.82 Å². The van der Waals surface area contributed by atoms with Crippen molar-refractivity contribution in [1.29, 1.82) is 5.26 Å². The summed E-state index contributed by atoms with van der Waals surface area (Å²) in [4.78, 5) is 23.7. The minimum atomic E-state index is -0.965. The first-order valence-corrected chi connectivity index (χ1v) is 7.15. The highest BCUT2D eigenvalue weighted by molar-refractivity contribution is 5.96. The van der Waals surface area contributed by atoms with E-state index in [1.807, 2.05) is 19.9 Å². The molecular formula is C18H15FN2O3. The van der Waals surface area contributed by atoms with E-state index in [1.165, 1.54) is 6.07 Å². The number of nitrogens with one attached hydrogen (secondary N) is 1. The Morgan fingerprint density at radius 2 is 2.00 bits per heavy atom. The molecular weight excluding hydrogens is 311 g/mol. The van der Waals surface area contributed by atoms with Gasteiger partial charge in [0.25, 0.3) is 5.91 Å². The van der Waals surface area contributed by atoms with Crippen molar-refractivity contribution in [2.24, 2.45) is 0 Å². The fraction of sp³-hybridized carbons (Fsp3) is 0.167. The lowest BCUT2D eigenvalue weighted by Crippen LogP contribution is -2.21. The summed E-state index contributed by atoms with van der Waals surface area (Å²) in [6.45, 7) is 3.24. The maximum absolute atomic E-state index is 13.7. The molecule has 0 heterocycles. The number of carbonyl (C=O) groups excluding carboxylic acids is 2. The standard InChI is InChI=1S/C18H15FN2O3/c1-11-4-3-5-16(12(11)2)21-17(22)10-24-18(23)14-7-6-13(9-20)8-15(14)19/h3-8H,10H2,1-2H3,(H,21,22). The van der Waals surface area contributed by atoms with E-state index < -0.39 is 24.3 Å². The highest BCUT2D eigenvalue weighted by atomic mass is 19.1. The number of rotatable bonds is 4. The van der Waals surface area contributed by atoms with Crippen LogP contribution < -0.4 is 5.32 Å². The normalized spacial score (nSPS) is 9.92. The number of anilines is 1. The van der Waals surface area contributed by atoms with Crippen LogP contribution in [0.5, 0.6) is 0 Å². The van der Waals surface area contributed by atoms with Gasteiger partial charge in [0.2, 0.25) is 0 Å². The molecule has 2 aromatic rings. The quantitative estimate of drug-likeness (QED) is 0.876. The predicted molar refractivity (Wildman–Crippen MR) is 85.9 cm³/mol. The molecule has 0 radical (unpaired) electrons. The van der Waals surface area contributed by atoms with Gasteiger partial charge in [-0.2, -0.15) is 5.26 Å². The number of amides is 1. The molecule has 0 unspecified atom stereocenters. The molecule has 0 aliphatic carbocycles. The van der Waals surface area contributed by atoms with Crippen molar-refractivity contribution in [3.63, 3.8) is 0 Å². The van der Waals surface area contributed by atoms with Crippen molar-refractivity contribution in [3.05, 3.63) is 64.5 Å². The summed E-state index contributed by atoms with van der Waals surface area (Å²) in [7, 11) is 0. The molecule has 24 heavy (non-hydrogen) atoms. The van der Waals surface area contributed by atoms with Crippen molar-refractivity contribution >= 4 is 17.6 Å². The molecule has 0 aromatic heterocycles. The van der Waals surface area contributed by atoms with Gasteiger partial charge in [-0.25, -0.2) is 9.18 Å². The van der Waals surface area contributed by atoms with E-state index in [9.17, 15) is 14.0 Å². The number of nitrogens with zero attached hydrogens (tertiary/aromatic N) is 1. The molecule has 0 aliphatic heterocycles. The van der Waals surface area contributed by atoms with E-state index in [2.05, 4.69) is 5.32 Å². The minimum Gasteiger partial charge on any atom is -0.452 e. The summed E-state index contributed by atoms with van der Waals surface area (Å²) < 4.78 is 18.5. The van der Waals surface area contributed by atoms with Gasteiger partial charge < -0.3 is 10.1 Å². The second kappa shape index (κ2) is 7.38. The zero-order valence-electron chi connectivity index (χ0n) is 13.2. The van der Waals surface area contributed by atoms with Crippen LogP contribution in [0.3, 0.4) is 0 Å². The van der Waals surface area contributed by atoms with Gasteiger partial charge in [0.05, 0.1) is 17.2 Å². The lowest BCUT2D eigenvalue weighted by molar-refractivity contribution is -0.119. The number of halogens is 1. The Morgan fingerprint density at radius 1 is 1.25 bits per heavy atom. The minimum absolute atomic E-state index is 0.0942. The number of hydrogen-bond acceptors (Lipinski definition) is 4. The molecule has 0 spiro atoms. The monoisotopic (exact) mass is 326 g/mol. The van der Waals surface area contributed by atoms with Gasteiger partial charge in [0.15, 0.2) is 6.61 Å². The summed E-state index contributed by atoms with van der Waals surface area (Å²) in [5, 5.41) is 11.3. The van der Waals surface area contributed by atoms with Crippen LogP contribution >= 0.6 is 0 Å². The van der Waals surface area contributed by atoms with E-state index in [-0.39, 0.29) is 11.1 Å². The fourth-order valence-electron chi connectivity index (χ4n) is 2.03. The highest BCUT2D eigenvalue weighted by Gasteiger charge is 2.15. The highest BCUT2D eigenvalue weighted by Crippen LogP contribution is 2.18. The predicted octanol–water partition coefficient (Wildman–Crippen LogP) is 3.11. The molecule has 2 rings (SSSR count). The third-order valence-electron chi connectivity index (χ3n) is 3.53. The Hall–Kier alpha value is -3.20. The average molecular weight is 326 g/mol. The molecule has 1 amide bonds. The Bertz CT molecular complexity index is 841. The number of nitriles is 1. The number of esters is 1. The van der Waals surface area contributed by atoms with Gasteiger partial charge in [-0.3, -0.25) is 4.79 Å². The Labute approximate surface area is 138 Å². The Kier molecular flexibility index (Phi) is 5.27. The lowest BCUT2D eigenvalue weighted by Gasteiger charge is -2.10. The number of carbonyl (C=O) groups is 2. The van der Waals surface area contributed by atoms with E-state index >= 15 is 0 Å². The van der Waals surface area contributed by atoms with Gasteiger partial charge in [0, 0.05) is 5.69 Å². The summed E-state index contributed by atoms with van der Waals surface area (Å²) in [6, 6.07) is 10.6. The molecule has 0 saturated heterocycles. The number of benzene rings is 2. The van der Waals surface area contributed by atoms with Gasteiger partial charge in [-0.05, 0) is 49.2 Å². The number of hydrogen-bond donors (Lipinski definition) is 1. The van der Waals surface area contributed by atoms with Crippen molar-refractivity contribution in [1.82, 2.24) is 0 Å². The first kappa shape index (κ1) is 17.2. The van der Waals surface area contributed by atoms with Crippen LogP contribution in [-0.4, -0.2) is 18.5 Å². The molecule has 0 fully saturated rings. The maximum Gasteiger partial charge on any atom is 0.341 e. The Morgan fingerprint density at radius 3 is 2.67 bits per heavy atom. The zero-order chi connectivity index (χ0) is 17.7. The summed E-state index contributed by atoms with van der Waals surface area (Å²) in [5.41, 5.74) is 2.32. The van der Waals surface area contributed by atoms with E-state index in [0.717, 1.165) is 23.3 Å². The van der Waals surface area contributed by atoms with Crippen LogP contribution in [-0.2, 0) is 9.53 Å². The smallest absolute Gasteiger partial charge is 0.341 e. The molecule has 0 atom stereocenters. The molecule has 0 aliphatic rings. The molecule has 2 aromatic carbocycles. The largest absolute Gasteiger partial charge is 0.452 e. The van der Waals surface area contributed by atoms with Crippen LogP contribution in [0.4, 0.5) is 10.1 Å². The second-order valence-electron chi connectivity index (χ2n) is 5.18. The van der Waals surface area contributed by atoms with Crippen LogP contribution in [0.2, 0.25) is 0 Å². The summed E-state index contributed by atoms with van der Waals surface area (Å²) in [6.07, 6.45) is 0. The summed E-state index contributed by atoms with van der Waals surface area (Å²) >= 11 is 0. The second-order valence-corrected chi connectivity index (χ2v) is 5.18. The van der Waals surface area contributed by atoms with Crippen molar-refractivity contribution in [3.8, 4) is 6.07 Å². The van der Waals surface area contributed by atoms with E-state index in [0.29, 0.717) is 5.69 Å². The van der Waals surface area contributed by atoms with Gasteiger partial charge >= 0.3 is 5.97 Å². The van der Waals surface area contributed by atoms with Crippen LogP contribution in [0.1, 0.15) is 27.0 Å². The van der Waals surface area contributed by atoms with Gasteiger partial charge in [-0.1, -0.05) is 12.1 Å². The number of aryl methyl sites for hydroxylation is 1. The SMILES string of the molecule is Cc1cccc(NC(=O)COC(=O)c2ccc(C#N)cc2F)c1C. The molecule has 5 nitrogen and oxygen atoms in total. The average Bonchev–Trinajstić information content (AvgIpc) is 2.56. The van der Waals surface area contributed by atoms with Crippen molar-refractivity contribution < 1.29 is 18.7 Å². The van der Waals surface area contributed by atoms with E-state index in [4.69, 9.17) is 10.00 Å². The lowest BCUT2D eigenvalue weighted by atomic mass is 10.1. The molecule has 0 saturated carbocycles. The van der Waals surface area contributed by atoms with Gasteiger partial charge in [-0.15, -0.1) is 0 Å². The first-order valence-electron chi connectivity index (χ1n) is 7.15. The van der Waals surface area contributed by atoms with Crippen LogP contribution in [0.25, 0.3) is 0 Å². The zero-order valence-corrected chi connectivity index (χ0v) is 13.2. The summed E-state index contributed by atoms with van der Waals surface area (Å²) in [5.74, 6) is -2.35.